The molecule has 4 atom stereocenters. The molecule has 1 fully saturated rings. The van der Waals surface area contributed by atoms with Crippen LogP contribution in [-0.2, 0) is 32.2 Å². The van der Waals surface area contributed by atoms with Crippen molar-refractivity contribution in [3.05, 3.63) is 155 Å². The maximum atomic E-state index is 12.8. The number of likely N-dealkylation sites (N-methyl/N-ethyl adjacent to an activating group) is 1. The zero-order valence-corrected chi connectivity index (χ0v) is 32.4. The van der Waals surface area contributed by atoms with E-state index in [0.29, 0.717) is 50.0 Å². The predicted molar refractivity (Wildman–Crippen MR) is 222 cm³/mol. The van der Waals surface area contributed by atoms with Crippen molar-refractivity contribution in [2.24, 2.45) is 0 Å². The van der Waals surface area contributed by atoms with Gasteiger partial charge in [0, 0.05) is 44.0 Å². The molecule has 4 unspecified atom stereocenters. The number of aliphatic hydroxyl groups is 1. The fourth-order valence-corrected chi connectivity index (χ4v) is 7.13. The Morgan fingerprint density at radius 1 is 0.786 bits per heavy atom. The number of rotatable bonds is 17. The Hall–Kier alpha value is -5.32. The molecule has 0 radical (unpaired) electrons. The number of para-hydroxylation sites is 2. The smallest absolute Gasteiger partial charge is 0.224 e. The predicted octanol–water partition coefficient (Wildman–Crippen LogP) is 8.87. The number of nitrogens with one attached hydrogen (secondary N) is 2. The average Bonchev–Trinajstić information content (AvgIpc) is 3.23. The number of benzene rings is 5. The molecule has 0 aromatic heterocycles. The summed E-state index contributed by atoms with van der Waals surface area (Å²) in [5, 5.41) is 15.5. The second kappa shape index (κ2) is 20.0. The first-order valence-electron chi connectivity index (χ1n) is 19.6. The molecule has 1 saturated heterocycles. The van der Waals surface area contributed by atoms with Crippen LogP contribution in [0.5, 0.6) is 0 Å². The minimum Gasteiger partial charge on any atom is -0.397 e. The van der Waals surface area contributed by atoms with Crippen molar-refractivity contribution in [2.45, 2.75) is 83.1 Å². The third kappa shape index (κ3) is 11.1. The number of nitrogens with zero attached hydrogens (tertiary/aromatic N) is 1. The summed E-state index contributed by atoms with van der Waals surface area (Å²) in [4.78, 5) is 27.4. The van der Waals surface area contributed by atoms with E-state index in [2.05, 4.69) is 84.1 Å². The molecule has 0 saturated carbocycles. The summed E-state index contributed by atoms with van der Waals surface area (Å²) < 4.78 is 13.3. The van der Waals surface area contributed by atoms with Crippen LogP contribution in [0.3, 0.4) is 0 Å². The molecule has 1 heterocycles. The van der Waals surface area contributed by atoms with Gasteiger partial charge in [-0.25, -0.2) is 0 Å². The van der Waals surface area contributed by atoms with E-state index >= 15 is 0 Å². The minimum atomic E-state index is -0.558. The third-order valence-corrected chi connectivity index (χ3v) is 10.6. The number of aliphatic hydroxyl groups excluding tert-OH is 1. The number of anilines is 2. The fourth-order valence-electron chi connectivity index (χ4n) is 7.13. The van der Waals surface area contributed by atoms with E-state index in [4.69, 9.17) is 15.2 Å². The molecule has 0 aliphatic carbocycles. The fraction of sp³-hybridized carbons (Fsp3) is 0.319. The first-order valence-corrected chi connectivity index (χ1v) is 19.6. The van der Waals surface area contributed by atoms with Gasteiger partial charge in [-0.15, -0.1) is 0 Å². The lowest BCUT2D eigenvalue weighted by Gasteiger charge is -2.39. The van der Waals surface area contributed by atoms with Gasteiger partial charge in [-0.1, -0.05) is 122 Å². The molecule has 0 spiro atoms. The van der Waals surface area contributed by atoms with Crippen molar-refractivity contribution in [1.29, 1.82) is 0 Å². The van der Waals surface area contributed by atoms with Gasteiger partial charge in [0.15, 0.2) is 6.29 Å². The Morgan fingerprint density at radius 3 is 2.18 bits per heavy atom. The number of carbonyl (C=O) groups excluding carboxylic acids is 2. The van der Waals surface area contributed by atoms with E-state index in [-0.39, 0.29) is 36.7 Å². The molecule has 56 heavy (non-hydrogen) atoms. The Morgan fingerprint density at radius 2 is 1.45 bits per heavy atom. The van der Waals surface area contributed by atoms with Crippen molar-refractivity contribution in [2.75, 3.05) is 24.6 Å². The lowest BCUT2D eigenvalue weighted by atomic mass is 9.97. The molecule has 5 N–H and O–H groups in total. The highest BCUT2D eigenvalue weighted by Gasteiger charge is 2.33. The van der Waals surface area contributed by atoms with Crippen LogP contribution in [0.4, 0.5) is 11.4 Å². The molecule has 9 nitrogen and oxygen atoms in total. The maximum Gasteiger partial charge on any atom is 0.224 e. The monoisotopic (exact) mass is 754 g/mol. The van der Waals surface area contributed by atoms with Gasteiger partial charge in [0.1, 0.15) is 0 Å². The molecule has 9 heteroatoms. The van der Waals surface area contributed by atoms with Crippen molar-refractivity contribution in [1.82, 2.24) is 10.2 Å². The highest BCUT2D eigenvalue weighted by molar-refractivity contribution is 5.93. The highest BCUT2D eigenvalue weighted by atomic mass is 16.7. The molecule has 2 amide bonds. The number of ether oxygens (including phenoxy) is 2. The van der Waals surface area contributed by atoms with Gasteiger partial charge in [-0.3, -0.25) is 14.5 Å². The maximum absolute atomic E-state index is 12.8. The Balaban J connectivity index is 1.04. The standard InChI is InChI=1S/C47H54N4O5/c1-33(35-13-5-3-6-14-35)51(2)31-40-29-44(37-23-21-34(32-52)22-24-37)56-47(55-40)38-27-25-36(26-28-38)41-16-10-9-15-39(41)30-49-45(53)19-7-4-8-20-46(54)50-43-18-12-11-17-42(43)48/h3,5-6,9-18,21-28,33,40,44,47,52H,4,7-8,19-20,29-32,48H2,1-2H3,(H,49,53)(H,50,54). The van der Waals surface area contributed by atoms with Gasteiger partial charge in [-0.05, 0) is 72.3 Å². The quantitative estimate of drug-likeness (QED) is 0.0552. The molecule has 1 aliphatic heterocycles. The summed E-state index contributed by atoms with van der Waals surface area (Å²) in [6, 6.07) is 42.3. The van der Waals surface area contributed by atoms with Crippen LogP contribution in [0.2, 0.25) is 0 Å². The second-order valence-electron chi connectivity index (χ2n) is 14.6. The first-order chi connectivity index (χ1) is 27.3. The zero-order chi connectivity index (χ0) is 39.3. The molecule has 292 valence electrons. The molecular formula is C47H54N4O5. The van der Waals surface area contributed by atoms with Gasteiger partial charge >= 0.3 is 0 Å². The van der Waals surface area contributed by atoms with Crippen LogP contribution in [0.25, 0.3) is 11.1 Å². The molecule has 0 bridgehead atoms. The lowest BCUT2D eigenvalue weighted by molar-refractivity contribution is -0.253. The van der Waals surface area contributed by atoms with Crippen LogP contribution < -0.4 is 16.4 Å². The van der Waals surface area contributed by atoms with Crippen LogP contribution in [0.1, 0.15) is 91.7 Å². The van der Waals surface area contributed by atoms with Crippen molar-refractivity contribution in [3.8, 4) is 11.1 Å². The van der Waals surface area contributed by atoms with Crippen LogP contribution in [0, 0.1) is 0 Å². The third-order valence-electron chi connectivity index (χ3n) is 10.6. The van der Waals surface area contributed by atoms with Gasteiger partial charge in [0.05, 0.1) is 30.2 Å². The van der Waals surface area contributed by atoms with E-state index in [1.807, 2.05) is 60.7 Å². The summed E-state index contributed by atoms with van der Waals surface area (Å²) in [6.45, 7) is 3.37. The van der Waals surface area contributed by atoms with E-state index < -0.39 is 6.29 Å². The lowest BCUT2D eigenvalue weighted by Crippen LogP contribution is -2.38. The number of hydrogen-bond donors (Lipinski definition) is 4. The number of carbonyl (C=O) groups is 2. The zero-order valence-electron chi connectivity index (χ0n) is 32.4. The molecule has 5 aromatic rings. The normalized spacial score (nSPS) is 17.3. The van der Waals surface area contributed by atoms with Gasteiger partial charge in [0.2, 0.25) is 11.8 Å². The van der Waals surface area contributed by atoms with Crippen molar-refractivity contribution in [3.63, 3.8) is 0 Å². The van der Waals surface area contributed by atoms with E-state index in [1.54, 1.807) is 12.1 Å². The number of unbranched alkanes of at least 4 members (excludes halogenated alkanes) is 2. The van der Waals surface area contributed by atoms with Gasteiger partial charge < -0.3 is 30.9 Å². The summed E-state index contributed by atoms with van der Waals surface area (Å²) in [6.07, 6.45) is 2.88. The SMILES string of the molecule is CC(c1ccccc1)N(C)CC1CC(c2ccc(CO)cc2)OC(c2ccc(-c3ccccc3CNC(=O)CCCCCC(=O)Nc3ccccc3N)cc2)O1. The minimum absolute atomic E-state index is 0.000254. The van der Waals surface area contributed by atoms with Gasteiger partial charge in [-0.2, -0.15) is 0 Å². The van der Waals surface area contributed by atoms with Crippen LogP contribution in [-0.4, -0.2) is 41.5 Å². The number of nitrogens with two attached hydrogens (primary N) is 1. The van der Waals surface area contributed by atoms with E-state index in [9.17, 15) is 14.7 Å². The Bertz CT molecular complexity index is 2000. The van der Waals surface area contributed by atoms with Crippen molar-refractivity contribution < 1.29 is 24.2 Å². The summed E-state index contributed by atoms with van der Waals surface area (Å²) in [5.74, 6) is -0.0893. The summed E-state index contributed by atoms with van der Waals surface area (Å²) >= 11 is 0. The van der Waals surface area contributed by atoms with Crippen molar-refractivity contribution >= 4 is 23.2 Å². The highest BCUT2D eigenvalue weighted by Crippen LogP contribution is 2.39. The van der Waals surface area contributed by atoms with Crippen LogP contribution in [0.15, 0.2) is 127 Å². The first kappa shape index (κ1) is 40.3. The largest absolute Gasteiger partial charge is 0.397 e. The Labute approximate surface area is 330 Å². The van der Waals surface area contributed by atoms with Crippen LogP contribution >= 0.6 is 0 Å². The molecule has 5 aromatic carbocycles. The van der Waals surface area contributed by atoms with Gasteiger partial charge in [0.25, 0.3) is 0 Å². The molecule has 1 aliphatic rings. The number of nitrogen functional groups attached to an aromatic ring is 1. The van der Waals surface area contributed by atoms with E-state index in [1.165, 1.54) is 5.56 Å². The topological polar surface area (TPSA) is 126 Å². The van der Waals surface area contributed by atoms with E-state index in [0.717, 1.165) is 46.3 Å². The molecule has 6 rings (SSSR count). The Kier molecular flexibility index (Phi) is 14.4. The summed E-state index contributed by atoms with van der Waals surface area (Å²) in [5.41, 5.74) is 14.3. The number of hydrogen-bond acceptors (Lipinski definition) is 7. The number of amides is 2. The second-order valence-corrected chi connectivity index (χ2v) is 14.6. The summed E-state index contributed by atoms with van der Waals surface area (Å²) in [7, 11) is 2.14. The molecular weight excluding hydrogens is 701 g/mol. The average molecular weight is 755 g/mol.